The van der Waals surface area contributed by atoms with E-state index >= 15 is 0 Å². The topological polar surface area (TPSA) is 103 Å². The maximum absolute atomic E-state index is 13.3. The number of fused-ring (bicyclic) bond motifs is 1. The quantitative estimate of drug-likeness (QED) is 0.333. The number of aromatic nitrogens is 1. The van der Waals surface area contributed by atoms with E-state index in [0.29, 0.717) is 18.2 Å². The number of likely N-dealkylation sites (tertiary alicyclic amines) is 1. The normalized spacial score (nSPS) is 16.3. The van der Waals surface area contributed by atoms with E-state index in [1.165, 1.54) is 30.3 Å². The summed E-state index contributed by atoms with van der Waals surface area (Å²) in [6.07, 6.45) is 2.17. The molecule has 2 heterocycles. The second-order valence-corrected chi connectivity index (χ2v) is 9.50. The van der Waals surface area contributed by atoms with Crippen molar-refractivity contribution in [3.63, 3.8) is 0 Å². The lowest BCUT2D eigenvalue weighted by Gasteiger charge is -2.21. The van der Waals surface area contributed by atoms with Gasteiger partial charge in [0.05, 0.1) is 23.1 Å². The molecule has 3 aromatic rings. The second kappa shape index (κ2) is 8.23. The van der Waals surface area contributed by atoms with Gasteiger partial charge in [-0.1, -0.05) is 35.9 Å². The third kappa shape index (κ3) is 3.58. The van der Waals surface area contributed by atoms with Crippen molar-refractivity contribution >= 4 is 38.6 Å². The monoisotopic (exact) mass is 454 g/mol. The Bertz CT molecular complexity index is 1320. The molecule has 1 aliphatic rings. The molecule has 0 bridgehead atoms. The number of nitrogens with zero attached hydrogens (tertiary/aromatic N) is 2. The number of benzene rings is 2. The highest BCUT2D eigenvalue weighted by Crippen LogP contribution is 2.28. The molecule has 2 aromatic carbocycles. The van der Waals surface area contributed by atoms with Gasteiger partial charge in [-0.05, 0) is 38.0 Å². The Morgan fingerprint density at radius 1 is 1.03 bits per heavy atom. The van der Waals surface area contributed by atoms with Gasteiger partial charge in [0.1, 0.15) is 6.04 Å². The summed E-state index contributed by atoms with van der Waals surface area (Å²) in [5.41, 5.74) is 1.17. The number of amides is 1. The molecular weight excluding hydrogens is 432 g/mol. The van der Waals surface area contributed by atoms with Crippen LogP contribution in [0.15, 0.2) is 59.6 Å². The number of rotatable bonds is 5. The van der Waals surface area contributed by atoms with E-state index in [4.69, 9.17) is 4.74 Å². The van der Waals surface area contributed by atoms with Crippen molar-refractivity contribution in [2.75, 3.05) is 13.7 Å². The van der Waals surface area contributed by atoms with Gasteiger partial charge in [0.2, 0.25) is 0 Å². The summed E-state index contributed by atoms with van der Waals surface area (Å²) in [4.78, 5) is 39.4. The Labute approximate surface area is 185 Å². The molecule has 166 valence electrons. The van der Waals surface area contributed by atoms with E-state index in [2.05, 4.69) is 0 Å². The van der Waals surface area contributed by atoms with Gasteiger partial charge in [-0.15, -0.1) is 0 Å². The number of hydrogen-bond acceptors (Lipinski definition) is 6. The summed E-state index contributed by atoms with van der Waals surface area (Å²) in [7, 11) is -2.77. The number of ketones is 1. The predicted molar refractivity (Wildman–Crippen MR) is 117 cm³/mol. The molecule has 0 N–H and O–H groups in total. The van der Waals surface area contributed by atoms with Crippen molar-refractivity contribution in [2.24, 2.45) is 0 Å². The zero-order valence-electron chi connectivity index (χ0n) is 17.6. The van der Waals surface area contributed by atoms with Crippen LogP contribution in [0.3, 0.4) is 0 Å². The molecule has 4 rings (SSSR count). The lowest BCUT2D eigenvalue weighted by molar-refractivity contribution is -0.149. The summed E-state index contributed by atoms with van der Waals surface area (Å²) in [6, 6.07) is 12.1. The lowest BCUT2D eigenvalue weighted by Crippen LogP contribution is -2.44. The van der Waals surface area contributed by atoms with Gasteiger partial charge < -0.3 is 9.64 Å². The summed E-state index contributed by atoms with van der Waals surface area (Å²) in [5.74, 6) is -2.29. The van der Waals surface area contributed by atoms with Crippen LogP contribution in [-0.4, -0.2) is 54.6 Å². The minimum absolute atomic E-state index is 0.0307. The first-order chi connectivity index (χ1) is 15.3. The molecule has 1 atom stereocenters. The first-order valence-electron chi connectivity index (χ1n) is 10.1. The molecule has 0 radical (unpaired) electrons. The molecule has 0 unspecified atom stereocenters. The average Bonchev–Trinajstić information content (AvgIpc) is 3.43. The Morgan fingerprint density at radius 3 is 2.41 bits per heavy atom. The van der Waals surface area contributed by atoms with E-state index in [1.54, 1.807) is 36.4 Å². The fourth-order valence-corrected chi connectivity index (χ4v) is 5.36. The van der Waals surface area contributed by atoms with E-state index in [9.17, 15) is 22.8 Å². The highest BCUT2D eigenvalue weighted by atomic mass is 32.2. The summed E-state index contributed by atoms with van der Waals surface area (Å²) in [6.45, 7) is 2.11. The van der Waals surface area contributed by atoms with Crippen LogP contribution in [-0.2, 0) is 24.3 Å². The van der Waals surface area contributed by atoms with Crippen LogP contribution in [0.5, 0.6) is 0 Å². The molecular formula is C23H22N2O6S. The molecule has 0 spiro atoms. The summed E-state index contributed by atoms with van der Waals surface area (Å²) < 4.78 is 32.4. The Balaban J connectivity index is 1.78. The third-order valence-electron chi connectivity index (χ3n) is 5.68. The van der Waals surface area contributed by atoms with Crippen LogP contribution in [0, 0.1) is 6.92 Å². The molecule has 1 fully saturated rings. The van der Waals surface area contributed by atoms with Crippen LogP contribution in [0.2, 0.25) is 0 Å². The largest absolute Gasteiger partial charge is 0.467 e. The third-order valence-corrected chi connectivity index (χ3v) is 7.37. The molecule has 1 amide bonds. The number of methoxy groups -OCH3 is 1. The highest BCUT2D eigenvalue weighted by molar-refractivity contribution is 7.90. The number of carbonyl (C=O) groups is 3. The highest BCUT2D eigenvalue weighted by Gasteiger charge is 2.38. The average molecular weight is 455 g/mol. The van der Waals surface area contributed by atoms with Crippen molar-refractivity contribution in [2.45, 2.75) is 30.7 Å². The number of carbonyl (C=O) groups excluding carboxylic acids is 3. The van der Waals surface area contributed by atoms with Crippen LogP contribution >= 0.6 is 0 Å². The molecule has 0 saturated carbocycles. The minimum atomic E-state index is -4.00. The molecule has 8 nitrogen and oxygen atoms in total. The van der Waals surface area contributed by atoms with E-state index < -0.39 is 33.7 Å². The number of esters is 1. The van der Waals surface area contributed by atoms with Crippen LogP contribution in [0.1, 0.15) is 28.8 Å². The fourth-order valence-electron chi connectivity index (χ4n) is 3.99. The minimum Gasteiger partial charge on any atom is -0.467 e. The second-order valence-electron chi connectivity index (χ2n) is 7.68. The van der Waals surface area contributed by atoms with Gasteiger partial charge in [-0.25, -0.2) is 17.2 Å². The van der Waals surface area contributed by atoms with Crippen LogP contribution in [0.4, 0.5) is 0 Å². The summed E-state index contributed by atoms with van der Waals surface area (Å²) >= 11 is 0. The first kappa shape index (κ1) is 21.8. The standard InChI is InChI=1S/C23H22N2O6S/c1-15-9-11-16(12-10-15)32(29,30)25-14-18(17-6-3-4-7-19(17)25)21(26)22(27)24-13-5-8-20(24)23(28)31-2/h3-4,6-7,9-12,14,20H,5,8,13H2,1-2H3/t20-/m1/s1. The first-order valence-corrected chi connectivity index (χ1v) is 11.5. The molecule has 1 aliphatic heterocycles. The maximum atomic E-state index is 13.3. The van der Waals surface area contributed by atoms with Crippen molar-refractivity contribution in [1.29, 1.82) is 0 Å². The predicted octanol–water partition coefficient (Wildman–Crippen LogP) is 2.53. The molecule has 9 heteroatoms. The number of hydrogen-bond donors (Lipinski definition) is 0. The maximum Gasteiger partial charge on any atom is 0.328 e. The number of para-hydroxylation sites is 1. The fraction of sp³-hybridized carbons (Fsp3) is 0.261. The van der Waals surface area contributed by atoms with Gasteiger partial charge in [-0.3, -0.25) is 9.59 Å². The van der Waals surface area contributed by atoms with Crippen molar-refractivity contribution in [3.8, 4) is 0 Å². The SMILES string of the molecule is COC(=O)[C@H]1CCCN1C(=O)C(=O)c1cn(S(=O)(=O)c2ccc(C)cc2)c2ccccc12. The van der Waals surface area contributed by atoms with E-state index in [-0.39, 0.29) is 22.5 Å². The number of Topliss-reactive ketones (excluding diaryl/α,β-unsaturated/α-hetero) is 1. The Morgan fingerprint density at radius 2 is 1.72 bits per heavy atom. The van der Waals surface area contributed by atoms with Gasteiger partial charge in [0.25, 0.3) is 21.7 Å². The zero-order valence-corrected chi connectivity index (χ0v) is 18.5. The Kier molecular flexibility index (Phi) is 5.60. The van der Waals surface area contributed by atoms with E-state index in [1.807, 2.05) is 6.92 Å². The number of aryl methyl sites for hydroxylation is 1. The van der Waals surface area contributed by atoms with Crippen molar-refractivity contribution in [3.05, 3.63) is 65.9 Å². The zero-order chi connectivity index (χ0) is 23.0. The van der Waals surface area contributed by atoms with Gasteiger partial charge >= 0.3 is 5.97 Å². The van der Waals surface area contributed by atoms with E-state index in [0.717, 1.165) is 9.54 Å². The Hall–Kier alpha value is -3.46. The van der Waals surface area contributed by atoms with Crippen molar-refractivity contribution in [1.82, 2.24) is 8.87 Å². The van der Waals surface area contributed by atoms with Gasteiger partial charge in [0, 0.05) is 18.1 Å². The van der Waals surface area contributed by atoms with Crippen LogP contribution in [0.25, 0.3) is 10.9 Å². The van der Waals surface area contributed by atoms with Crippen molar-refractivity contribution < 1.29 is 27.5 Å². The summed E-state index contributed by atoms with van der Waals surface area (Å²) in [5, 5.41) is 0.343. The van der Waals surface area contributed by atoms with Gasteiger partial charge in [-0.2, -0.15) is 0 Å². The van der Waals surface area contributed by atoms with Gasteiger partial charge in [0.15, 0.2) is 0 Å². The molecule has 0 aliphatic carbocycles. The smallest absolute Gasteiger partial charge is 0.328 e. The molecule has 1 aromatic heterocycles. The number of ether oxygens (including phenoxy) is 1. The van der Waals surface area contributed by atoms with Crippen LogP contribution < -0.4 is 0 Å². The molecule has 32 heavy (non-hydrogen) atoms. The lowest BCUT2D eigenvalue weighted by atomic mass is 10.1. The molecule has 1 saturated heterocycles.